The SMILES string of the molecule is C#Cc1ccc2cc(S(=O)(=O)N3CC(CCNC(=O)C4CC4)NCC3C(=O)C3(c4cccc[n+]4[O-])N=CC=CN3)sc2c1. The van der Waals surface area contributed by atoms with E-state index in [9.17, 15) is 23.2 Å². The van der Waals surface area contributed by atoms with Crippen LogP contribution in [-0.2, 0) is 25.3 Å². The van der Waals surface area contributed by atoms with Crippen LogP contribution in [0, 0.1) is 23.5 Å². The number of hydrogen-bond donors (Lipinski definition) is 3. The van der Waals surface area contributed by atoms with Gasteiger partial charge in [0.2, 0.25) is 17.4 Å². The summed E-state index contributed by atoms with van der Waals surface area (Å²) in [5.74, 6) is 2.04. The zero-order chi connectivity index (χ0) is 30.2. The number of aliphatic imine (C=N–C) groups is 1. The molecule has 4 heterocycles. The summed E-state index contributed by atoms with van der Waals surface area (Å²) in [6.45, 7) is 0.335. The monoisotopic (exact) mass is 618 g/mol. The number of allylic oxidation sites excluding steroid dienone is 1. The molecule has 0 spiro atoms. The van der Waals surface area contributed by atoms with Crippen LogP contribution < -0.4 is 20.7 Å². The van der Waals surface area contributed by atoms with Crippen LogP contribution >= 0.6 is 11.3 Å². The van der Waals surface area contributed by atoms with Crippen LogP contribution in [0.4, 0.5) is 0 Å². The molecule has 2 aliphatic heterocycles. The van der Waals surface area contributed by atoms with Gasteiger partial charge in [-0.1, -0.05) is 12.0 Å². The maximum absolute atomic E-state index is 14.5. The number of rotatable bonds is 9. The lowest BCUT2D eigenvalue weighted by Gasteiger charge is -2.41. The molecule has 3 aliphatic rings. The lowest BCUT2D eigenvalue weighted by Crippen LogP contribution is -2.66. The van der Waals surface area contributed by atoms with Crippen molar-refractivity contribution in [1.82, 2.24) is 20.3 Å². The third kappa shape index (κ3) is 5.54. The van der Waals surface area contributed by atoms with Crippen molar-refractivity contribution in [2.45, 2.75) is 41.2 Å². The normalized spacial score (nSPS) is 23.9. The van der Waals surface area contributed by atoms with Crippen molar-refractivity contribution in [3.63, 3.8) is 0 Å². The number of hydrogen-bond acceptors (Lipinski definition) is 9. The minimum Gasteiger partial charge on any atom is -0.618 e. The van der Waals surface area contributed by atoms with Crippen LogP contribution in [0.25, 0.3) is 10.1 Å². The van der Waals surface area contributed by atoms with Crippen LogP contribution in [0.2, 0.25) is 0 Å². The summed E-state index contributed by atoms with van der Waals surface area (Å²) in [6.07, 6.45) is 13.6. The van der Waals surface area contributed by atoms with Gasteiger partial charge in [-0.2, -0.15) is 9.04 Å². The van der Waals surface area contributed by atoms with Crippen LogP contribution in [0.3, 0.4) is 0 Å². The second kappa shape index (κ2) is 11.5. The molecule has 222 valence electrons. The van der Waals surface area contributed by atoms with E-state index in [1.807, 2.05) is 0 Å². The first-order valence-corrected chi connectivity index (χ1v) is 16.2. The number of nitrogens with zero attached hydrogens (tertiary/aromatic N) is 3. The number of pyridine rings is 1. The van der Waals surface area contributed by atoms with E-state index in [0.29, 0.717) is 28.0 Å². The zero-order valence-electron chi connectivity index (χ0n) is 23.1. The summed E-state index contributed by atoms with van der Waals surface area (Å²) in [5, 5.41) is 22.8. The van der Waals surface area contributed by atoms with Crippen LogP contribution in [0.1, 0.15) is 30.5 Å². The smallest absolute Gasteiger partial charge is 0.277 e. The van der Waals surface area contributed by atoms with E-state index < -0.39 is 27.5 Å². The number of nitrogens with one attached hydrogen (secondary N) is 3. The average Bonchev–Trinajstić information content (AvgIpc) is 3.79. The molecule has 3 N–H and O–H groups in total. The van der Waals surface area contributed by atoms with Gasteiger partial charge in [0, 0.05) is 66.4 Å². The van der Waals surface area contributed by atoms with Crippen molar-refractivity contribution in [1.29, 1.82) is 0 Å². The molecule has 2 fully saturated rings. The molecule has 43 heavy (non-hydrogen) atoms. The topological polar surface area (TPSA) is 147 Å². The Morgan fingerprint density at radius 1 is 1.26 bits per heavy atom. The first kappa shape index (κ1) is 29.0. The molecule has 1 amide bonds. The number of carbonyl (C=O) groups is 2. The third-order valence-corrected chi connectivity index (χ3v) is 11.3. The zero-order valence-corrected chi connectivity index (χ0v) is 24.7. The maximum atomic E-state index is 14.5. The summed E-state index contributed by atoms with van der Waals surface area (Å²) in [4.78, 5) is 31.0. The molecule has 3 unspecified atom stereocenters. The van der Waals surface area contributed by atoms with Crippen LogP contribution in [0.15, 0.2) is 70.1 Å². The van der Waals surface area contributed by atoms with Gasteiger partial charge in [-0.25, -0.2) is 13.4 Å². The quantitative estimate of drug-likeness (QED) is 0.187. The van der Waals surface area contributed by atoms with Crippen molar-refractivity contribution in [3.05, 3.63) is 77.4 Å². The van der Waals surface area contributed by atoms with Gasteiger partial charge < -0.3 is 21.2 Å². The molecule has 6 rings (SSSR count). The fourth-order valence-corrected chi connectivity index (χ4v) is 8.62. The Balaban J connectivity index is 1.35. The molecule has 13 heteroatoms. The second-order valence-corrected chi connectivity index (χ2v) is 14.0. The molecule has 1 saturated heterocycles. The number of fused-ring (bicyclic) bond motifs is 1. The molecular weight excluding hydrogens is 589 g/mol. The molecule has 3 atom stereocenters. The van der Waals surface area contributed by atoms with Gasteiger partial charge in [0.25, 0.3) is 15.7 Å². The van der Waals surface area contributed by atoms with E-state index in [1.54, 1.807) is 36.4 Å². The molecule has 0 bridgehead atoms. The molecule has 1 aromatic carbocycles. The number of carbonyl (C=O) groups excluding carboxylic acids is 2. The van der Waals surface area contributed by atoms with Gasteiger partial charge in [-0.15, -0.1) is 17.8 Å². The van der Waals surface area contributed by atoms with E-state index in [1.165, 1.54) is 35.0 Å². The Kier molecular flexibility index (Phi) is 7.78. The van der Waals surface area contributed by atoms with E-state index in [4.69, 9.17) is 6.42 Å². The van der Waals surface area contributed by atoms with Crippen molar-refractivity contribution in [2.24, 2.45) is 10.9 Å². The van der Waals surface area contributed by atoms with Crippen molar-refractivity contribution >= 4 is 49.4 Å². The summed E-state index contributed by atoms with van der Waals surface area (Å²) in [7, 11) is -4.20. The highest BCUT2D eigenvalue weighted by Crippen LogP contribution is 2.35. The van der Waals surface area contributed by atoms with E-state index in [0.717, 1.165) is 29.6 Å². The standard InChI is InChI=1S/C30H30N6O5S2/c1-2-20-7-8-22-17-27(42-25(22)16-20)43(40,41)36-19-23(11-14-31-29(38)21-9-10-21)32-18-24(36)28(37)30(33-12-5-13-34-30)26-6-3-4-15-35(26)39/h1,3-8,12-13,15-17,21,23-24,32-33H,9-11,14,18-19H2,(H,31,38). The fraction of sp³-hybridized carbons (Fsp3) is 0.333. The predicted octanol–water partition coefficient (Wildman–Crippen LogP) is 1.37. The minimum absolute atomic E-state index is 0.00923. The van der Waals surface area contributed by atoms with Gasteiger partial charge in [-0.05, 0) is 55.0 Å². The summed E-state index contributed by atoms with van der Waals surface area (Å²) >= 11 is 1.08. The van der Waals surface area contributed by atoms with Crippen molar-refractivity contribution < 1.29 is 22.7 Å². The first-order valence-electron chi connectivity index (χ1n) is 14.0. The Morgan fingerprint density at radius 2 is 2.09 bits per heavy atom. The Hall–Kier alpha value is -4.09. The number of sulfonamides is 1. The predicted molar refractivity (Wildman–Crippen MR) is 162 cm³/mol. The summed E-state index contributed by atoms with van der Waals surface area (Å²) in [5.41, 5.74) is -1.19. The summed E-state index contributed by atoms with van der Waals surface area (Å²) < 4.78 is 31.2. The van der Waals surface area contributed by atoms with E-state index in [-0.39, 0.29) is 40.9 Å². The Labute approximate surface area is 253 Å². The maximum Gasteiger partial charge on any atom is 0.277 e. The number of thiophene rings is 1. The molecular formula is C30H30N6O5S2. The number of aromatic nitrogens is 1. The molecule has 1 saturated carbocycles. The van der Waals surface area contributed by atoms with E-state index >= 15 is 0 Å². The highest BCUT2D eigenvalue weighted by molar-refractivity contribution is 7.91. The lowest BCUT2D eigenvalue weighted by atomic mass is 9.92. The molecule has 2 aromatic heterocycles. The highest BCUT2D eigenvalue weighted by atomic mass is 32.2. The largest absolute Gasteiger partial charge is 0.618 e. The number of terminal acetylenes is 1. The molecule has 0 radical (unpaired) electrons. The number of benzene rings is 1. The van der Waals surface area contributed by atoms with E-state index in [2.05, 4.69) is 26.9 Å². The van der Waals surface area contributed by atoms with Gasteiger partial charge in [0.1, 0.15) is 10.3 Å². The number of piperazine rings is 1. The average molecular weight is 619 g/mol. The van der Waals surface area contributed by atoms with Gasteiger partial charge in [0.15, 0.2) is 6.20 Å². The highest BCUT2D eigenvalue weighted by Gasteiger charge is 2.53. The van der Waals surface area contributed by atoms with Gasteiger partial charge in [-0.3, -0.25) is 9.59 Å². The van der Waals surface area contributed by atoms with Crippen molar-refractivity contribution in [3.8, 4) is 12.3 Å². The Bertz CT molecular complexity index is 1790. The second-order valence-electron chi connectivity index (χ2n) is 10.8. The van der Waals surface area contributed by atoms with Crippen molar-refractivity contribution in [2.75, 3.05) is 19.6 Å². The van der Waals surface area contributed by atoms with Crippen LogP contribution in [0.5, 0.6) is 0 Å². The molecule has 3 aromatic rings. The third-order valence-electron chi connectivity index (χ3n) is 7.91. The van der Waals surface area contributed by atoms with Crippen LogP contribution in [-0.4, -0.2) is 62.3 Å². The van der Waals surface area contributed by atoms with Gasteiger partial charge in [0.05, 0.1) is 0 Å². The minimum atomic E-state index is -4.20. The summed E-state index contributed by atoms with van der Waals surface area (Å²) in [6, 6.07) is 9.98. The fourth-order valence-electron chi connectivity index (χ4n) is 5.42. The first-order chi connectivity index (χ1) is 20.7. The molecule has 1 aliphatic carbocycles. The Morgan fingerprint density at radius 3 is 2.81 bits per heavy atom. The number of ketones is 1. The lowest BCUT2D eigenvalue weighted by molar-refractivity contribution is -0.617. The number of amides is 1. The van der Waals surface area contributed by atoms with Gasteiger partial charge >= 0.3 is 0 Å². The molecule has 11 nitrogen and oxygen atoms in total. The number of Topliss-reactive ketones (excluding diaryl/α,β-unsaturated/α-hetero) is 1.